The van der Waals surface area contributed by atoms with Crippen LogP contribution in [0.3, 0.4) is 0 Å². The van der Waals surface area contributed by atoms with Gasteiger partial charge in [0.25, 0.3) is 0 Å². The van der Waals surface area contributed by atoms with Gasteiger partial charge < -0.3 is 0 Å². The average Bonchev–Trinajstić information content (AvgIpc) is 3.04. The maximum absolute atomic E-state index is 5.01. The second kappa shape index (κ2) is 5.29. The molecule has 2 N–H and O–H groups in total. The third-order valence-electron chi connectivity index (χ3n) is 3.55. The summed E-state index contributed by atoms with van der Waals surface area (Å²) in [6.45, 7) is 6.40. The van der Waals surface area contributed by atoms with E-state index in [1.807, 2.05) is 23.9 Å². The fraction of sp³-hybridized carbons (Fsp3) is 0.267. The molecular weight excluding hydrogens is 282 g/mol. The third-order valence-corrected chi connectivity index (χ3v) is 3.75. The minimum atomic E-state index is 0.435. The van der Waals surface area contributed by atoms with Crippen molar-refractivity contribution in [1.29, 1.82) is 0 Å². The van der Waals surface area contributed by atoms with Gasteiger partial charge >= 0.3 is 0 Å². The normalized spacial score (nSPS) is 11.2. The molecule has 0 aliphatic rings. The van der Waals surface area contributed by atoms with Crippen LogP contribution in [0, 0.1) is 11.7 Å². The molecule has 0 spiro atoms. The van der Waals surface area contributed by atoms with Crippen LogP contribution >= 0.6 is 12.2 Å². The molecule has 3 aromatic rings. The number of aromatic amines is 2. The van der Waals surface area contributed by atoms with Gasteiger partial charge in [-0.15, -0.1) is 0 Å². The predicted octanol–water partition coefficient (Wildman–Crippen LogP) is 3.75. The minimum Gasteiger partial charge on any atom is -0.282 e. The van der Waals surface area contributed by atoms with E-state index in [0.29, 0.717) is 16.5 Å². The standard InChI is InChI=1S/C15H17N5S/c1-9(2)11-6-4-5-7-13(11)20-10(3)12(8-16-20)14-17-15(21)19-18-14/h4-9H,1-3H3,(H2,17,18,19,21). The van der Waals surface area contributed by atoms with Crippen molar-refractivity contribution in [2.24, 2.45) is 0 Å². The second-order valence-corrected chi connectivity index (χ2v) is 5.67. The van der Waals surface area contributed by atoms with Crippen molar-refractivity contribution in [2.45, 2.75) is 26.7 Å². The Kier molecular flexibility index (Phi) is 3.47. The van der Waals surface area contributed by atoms with Gasteiger partial charge in [-0.3, -0.25) is 10.2 Å². The average molecular weight is 299 g/mol. The molecule has 2 heterocycles. The molecule has 3 rings (SSSR count). The van der Waals surface area contributed by atoms with Crippen LogP contribution in [0.25, 0.3) is 17.1 Å². The highest BCUT2D eigenvalue weighted by Crippen LogP contribution is 2.26. The van der Waals surface area contributed by atoms with Gasteiger partial charge in [0.1, 0.15) is 0 Å². The molecule has 6 heteroatoms. The molecule has 108 valence electrons. The summed E-state index contributed by atoms with van der Waals surface area (Å²) in [6.07, 6.45) is 1.81. The van der Waals surface area contributed by atoms with E-state index in [9.17, 15) is 0 Å². The van der Waals surface area contributed by atoms with Crippen LogP contribution in [0.4, 0.5) is 0 Å². The highest BCUT2D eigenvalue weighted by molar-refractivity contribution is 7.71. The van der Waals surface area contributed by atoms with Crippen molar-refractivity contribution in [1.82, 2.24) is 25.0 Å². The van der Waals surface area contributed by atoms with E-state index in [0.717, 1.165) is 16.9 Å². The van der Waals surface area contributed by atoms with Crippen molar-refractivity contribution in [3.63, 3.8) is 0 Å². The lowest BCUT2D eigenvalue weighted by molar-refractivity contribution is 0.793. The number of hydrogen-bond donors (Lipinski definition) is 2. The van der Waals surface area contributed by atoms with E-state index < -0.39 is 0 Å². The molecule has 5 nitrogen and oxygen atoms in total. The number of nitrogens with zero attached hydrogens (tertiary/aromatic N) is 3. The molecule has 0 fully saturated rings. The molecular formula is C15H17N5S. The topological polar surface area (TPSA) is 62.3 Å². The zero-order valence-corrected chi connectivity index (χ0v) is 13.0. The number of H-pyrrole nitrogens is 2. The first-order valence-electron chi connectivity index (χ1n) is 6.87. The van der Waals surface area contributed by atoms with E-state index >= 15 is 0 Å². The van der Waals surface area contributed by atoms with Crippen LogP contribution in [0.2, 0.25) is 0 Å². The number of aromatic nitrogens is 5. The number of rotatable bonds is 3. The Morgan fingerprint density at radius 1 is 1.19 bits per heavy atom. The SMILES string of the molecule is Cc1c(-c2nc(=S)[nH][nH]2)cnn1-c1ccccc1C(C)C. The molecule has 0 atom stereocenters. The zero-order chi connectivity index (χ0) is 15.0. The Labute approximate surface area is 128 Å². The lowest BCUT2D eigenvalue weighted by atomic mass is 10.0. The molecule has 0 aliphatic carbocycles. The Morgan fingerprint density at radius 2 is 1.95 bits per heavy atom. The van der Waals surface area contributed by atoms with Gasteiger partial charge in [-0.05, 0) is 36.7 Å². The maximum atomic E-state index is 5.01. The van der Waals surface area contributed by atoms with Gasteiger partial charge in [0.15, 0.2) is 5.82 Å². The highest BCUT2D eigenvalue weighted by Gasteiger charge is 2.15. The van der Waals surface area contributed by atoms with Crippen LogP contribution in [0.5, 0.6) is 0 Å². The molecule has 0 saturated carbocycles. The van der Waals surface area contributed by atoms with Gasteiger partial charge in [-0.2, -0.15) is 10.1 Å². The molecule has 1 aromatic carbocycles. The monoisotopic (exact) mass is 299 g/mol. The summed E-state index contributed by atoms with van der Waals surface area (Å²) in [5.41, 5.74) is 4.34. The lowest BCUT2D eigenvalue weighted by Crippen LogP contribution is -2.04. The van der Waals surface area contributed by atoms with Crippen molar-refractivity contribution < 1.29 is 0 Å². The molecule has 0 amide bonds. The highest BCUT2D eigenvalue weighted by atomic mass is 32.1. The van der Waals surface area contributed by atoms with E-state index in [2.05, 4.69) is 52.3 Å². The Hall–Kier alpha value is -2.21. The summed E-state index contributed by atoms with van der Waals surface area (Å²) >= 11 is 5.01. The first kappa shape index (κ1) is 13.8. The van der Waals surface area contributed by atoms with E-state index in [-0.39, 0.29) is 0 Å². The van der Waals surface area contributed by atoms with Gasteiger partial charge in [0.05, 0.1) is 23.1 Å². The Morgan fingerprint density at radius 3 is 2.62 bits per heavy atom. The van der Waals surface area contributed by atoms with Gasteiger partial charge in [0.2, 0.25) is 4.77 Å². The summed E-state index contributed by atoms with van der Waals surface area (Å²) < 4.78 is 2.40. The first-order chi connectivity index (χ1) is 10.1. The van der Waals surface area contributed by atoms with Gasteiger partial charge in [-0.25, -0.2) is 4.68 Å². The van der Waals surface area contributed by atoms with Crippen LogP contribution in [-0.2, 0) is 0 Å². The van der Waals surface area contributed by atoms with Crippen LogP contribution < -0.4 is 0 Å². The quantitative estimate of drug-likeness (QED) is 0.724. The number of benzene rings is 1. The fourth-order valence-corrected chi connectivity index (χ4v) is 2.59. The van der Waals surface area contributed by atoms with Crippen molar-refractivity contribution in [2.75, 3.05) is 0 Å². The summed E-state index contributed by atoms with van der Waals surface area (Å²) in [6, 6.07) is 8.32. The van der Waals surface area contributed by atoms with Crippen molar-refractivity contribution >= 4 is 12.2 Å². The van der Waals surface area contributed by atoms with E-state index in [4.69, 9.17) is 12.2 Å². The Bertz CT molecular complexity index is 824. The largest absolute Gasteiger partial charge is 0.282 e. The molecule has 0 saturated heterocycles. The zero-order valence-electron chi connectivity index (χ0n) is 12.2. The second-order valence-electron chi connectivity index (χ2n) is 5.28. The Balaban J connectivity index is 2.14. The summed E-state index contributed by atoms with van der Waals surface area (Å²) in [5, 5.41) is 10.3. The van der Waals surface area contributed by atoms with E-state index in [1.165, 1.54) is 5.56 Å². The fourth-order valence-electron chi connectivity index (χ4n) is 2.45. The first-order valence-corrected chi connectivity index (χ1v) is 7.27. The summed E-state index contributed by atoms with van der Waals surface area (Å²) in [7, 11) is 0. The third kappa shape index (κ3) is 2.42. The predicted molar refractivity (Wildman–Crippen MR) is 85.2 cm³/mol. The van der Waals surface area contributed by atoms with Gasteiger partial charge in [-0.1, -0.05) is 32.0 Å². The summed E-state index contributed by atoms with van der Waals surface area (Å²) in [4.78, 5) is 4.26. The van der Waals surface area contributed by atoms with Crippen molar-refractivity contribution in [3.05, 3.63) is 46.5 Å². The maximum Gasteiger partial charge on any atom is 0.213 e. The molecule has 0 bridgehead atoms. The van der Waals surface area contributed by atoms with Gasteiger partial charge in [0, 0.05) is 0 Å². The number of hydrogen-bond acceptors (Lipinski definition) is 3. The molecule has 21 heavy (non-hydrogen) atoms. The minimum absolute atomic E-state index is 0.435. The molecule has 2 aromatic heterocycles. The smallest absolute Gasteiger partial charge is 0.213 e. The summed E-state index contributed by atoms with van der Waals surface area (Å²) in [5.74, 6) is 1.15. The molecule has 0 aliphatic heterocycles. The molecule has 0 unspecified atom stereocenters. The van der Waals surface area contributed by atoms with Crippen LogP contribution in [0.1, 0.15) is 31.0 Å². The van der Waals surface area contributed by atoms with Crippen LogP contribution in [0.15, 0.2) is 30.5 Å². The van der Waals surface area contributed by atoms with Crippen molar-refractivity contribution in [3.8, 4) is 17.1 Å². The number of para-hydroxylation sites is 1. The lowest BCUT2D eigenvalue weighted by Gasteiger charge is -2.13. The molecule has 0 radical (unpaired) electrons. The number of nitrogens with one attached hydrogen (secondary N) is 2. The van der Waals surface area contributed by atoms with E-state index in [1.54, 1.807) is 0 Å². The van der Waals surface area contributed by atoms with Crippen LogP contribution in [-0.4, -0.2) is 25.0 Å².